The van der Waals surface area contributed by atoms with Crippen molar-refractivity contribution < 1.29 is 0 Å². The molecule has 0 amide bonds. The normalized spacial score (nSPS) is 16.4. The van der Waals surface area contributed by atoms with Gasteiger partial charge in [0.25, 0.3) is 0 Å². The van der Waals surface area contributed by atoms with Gasteiger partial charge in [0, 0.05) is 57.5 Å². The minimum absolute atomic E-state index is 0.838. The fourth-order valence-electron chi connectivity index (χ4n) is 2.46. The van der Waals surface area contributed by atoms with E-state index in [-0.39, 0.29) is 0 Å². The van der Waals surface area contributed by atoms with E-state index < -0.39 is 0 Å². The van der Waals surface area contributed by atoms with Crippen molar-refractivity contribution in [2.45, 2.75) is 13.5 Å². The summed E-state index contributed by atoms with van der Waals surface area (Å²) in [4.78, 5) is 17.5. The van der Waals surface area contributed by atoms with Crippen LogP contribution in [0.3, 0.4) is 0 Å². The Labute approximate surface area is 119 Å². The van der Waals surface area contributed by atoms with Gasteiger partial charge >= 0.3 is 0 Å². The van der Waals surface area contributed by atoms with E-state index in [0.717, 1.165) is 38.7 Å². The molecule has 2 aromatic heterocycles. The van der Waals surface area contributed by atoms with Gasteiger partial charge in [-0.25, -0.2) is 9.97 Å². The van der Waals surface area contributed by atoms with Crippen LogP contribution in [-0.4, -0.2) is 46.0 Å². The second kappa shape index (κ2) is 5.96. The fourth-order valence-corrected chi connectivity index (χ4v) is 2.46. The third-order valence-corrected chi connectivity index (χ3v) is 3.75. The molecule has 0 aromatic carbocycles. The molecule has 1 aliphatic rings. The Morgan fingerprint density at radius 2 is 1.80 bits per heavy atom. The van der Waals surface area contributed by atoms with Crippen molar-refractivity contribution in [3.05, 3.63) is 48.0 Å². The molecule has 0 saturated carbocycles. The Kier molecular flexibility index (Phi) is 3.87. The van der Waals surface area contributed by atoms with Crippen LogP contribution in [0.5, 0.6) is 0 Å². The highest BCUT2D eigenvalue weighted by molar-refractivity contribution is 5.29. The molecule has 1 saturated heterocycles. The number of nitrogens with zero attached hydrogens (tertiary/aromatic N) is 5. The summed E-state index contributed by atoms with van der Waals surface area (Å²) in [6.45, 7) is 7.14. The van der Waals surface area contributed by atoms with Crippen LogP contribution in [0.15, 0.2) is 36.9 Å². The predicted octanol–water partition coefficient (Wildman–Crippen LogP) is 1.50. The Balaban J connectivity index is 1.58. The maximum Gasteiger partial charge on any atom is 0.225 e. The minimum atomic E-state index is 0.838. The van der Waals surface area contributed by atoms with Gasteiger partial charge in [0.15, 0.2) is 0 Å². The Bertz CT molecular complexity index is 549. The first-order valence-electron chi connectivity index (χ1n) is 6.97. The third-order valence-electron chi connectivity index (χ3n) is 3.75. The highest BCUT2D eigenvalue weighted by Gasteiger charge is 2.19. The van der Waals surface area contributed by atoms with Gasteiger partial charge in [0.1, 0.15) is 0 Å². The lowest BCUT2D eigenvalue weighted by molar-refractivity contribution is 0.248. The molecule has 5 heteroatoms. The minimum Gasteiger partial charge on any atom is -0.338 e. The fraction of sp³-hybridized carbons (Fsp3) is 0.400. The summed E-state index contributed by atoms with van der Waals surface area (Å²) in [5, 5.41) is 0. The monoisotopic (exact) mass is 269 g/mol. The van der Waals surface area contributed by atoms with Crippen molar-refractivity contribution in [1.29, 1.82) is 0 Å². The molecule has 3 rings (SSSR count). The highest BCUT2D eigenvalue weighted by atomic mass is 15.3. The topological polar surface area (TPSA) is 45.2 Å². The van der Waals surface area contributed by atoms with E-state index in [1.54, 1.807) is 12.4 Å². The van der Waals surface area contributed by atoms with Gasteiger partial charge in [-0.3, -0.25) is 9.88 Å². The zero-order valence-electron chi connectivity index (χ0n) is 11.7. The summed E-state index contributed by atoms with van der Waals surface area (Å²) < 4.78 is 0. The van der Waals surface area contributed by atoms with Gasteiger partial charge in [-0.2, -0.15) is 0 Å². The van der Waals surface area contributed by atoms with Crippen LogP contribution in [0.2, 0.25) is 0 Å². The number of anilines is 1. The quantitative estimate of drug-likeness (QED) is 0.845. The van der Waals surface area contributed by atoms with Gasteiger partial charge in [-0.05, 0) is 30.2 Å². The van der Waals surface area contributed by atoms with Gasteiger partial charge in [0.2, 0.25) is 5.95 Å². The molecule has 2 aromatic rings. The van der Waals surface area contributed by atoms with Crippen molar-refractivity contribution >= 4 is 5.95 Å². The molecule has 3 heterocycles. The van der Waals surface area contributed by atoms with Gasteiger partial charge in [-0.1, -0.05) is 0 Å². The molecular formula is C15H19N5. The van der Waals surface area contributed by atoms with Gasteiger partial charge < -0.3 is 4.90 Å². The van der Waals surface area contributed by atoms with Crippen LogP contribution in [-0.2, 0) is 6.54 Å². The van der Waals surface area contributed by atoms with Gasteiger partial charge in [0.05, 0.1) is 0 Å². The average molecular weight is 269 g/mol. The van der Waals surface area contributed by atoms with E-state index >= 15 is 0 Å². The number of hydrogen-bond donors (Lipinski definition) is 0. The summed E-state index contributed by atoms with van der Waals surface area (Å²) >= 11 is 0. The first-order valence-corrected chi connectivity index (χ1v) is 6.97. The van der Waals surface area contributed by atoms with E-state index in [1.165, 1.54) is 11.1 Å². The Morgan fingerprint density at radius 1 is 1.05 bits per heavy atom. The first-order chi connectivity index (χ1) is 9.83. The van der Waals surface area contributed by atoms with E-state index in [4.69, 9.17) is 0 Å². The molecular weight excluding hydrogens is 250 g/mol. The van der Waals surface area contributed by atoms with Crippen LogP contribution in [0.4, 0.5) is 5.95 Å². The number of piperazine rings is 1. The number of pyridine rings is 1. The Hall–Kier alpha value is -2.01. The van der Waals surface area contributed by atoms with E-state index in [1.807, 2.05) is 18.5 Å². The predicted molar refractivity (Wildman–Crippen MR) is 78.5 cm³/mol. The summed E-state index contributed by atoms with van der Waals surface area (Å²) in [6, 6.07) is 3.92. The Morgan fingerprint density at radius 3 is 2.50 bits per heavy atom. The summed E-state index contributed by atoms with van der Waals surface area (Å²) in [5.41, 5.74) is 2.63. The van der Waals surface area contributed by atoms with Crippen molar-refractivity contribution in [1.82, 2.24) is 19.9 Å². The third kappa shape index (κ3) is 2.93. The smallest absolute Gasteiger partial charge is 0.225 e. The lowest BCUT2D eigenvalue weighted by Gasteiger charge is -2.34. The van der Waals surface area contributed by atoms with Crippen molar-refractivity contribution in [3.8, 4) is 0 Å². The molecule has 1 aliphatic heterocycles. The number of rotatable bonds is 3. The molecule has 0 spiro atoms. The first kappa shape index (κ1) is 13.0. The lowest BCUT2D eigenvalue weighted by Crippen LogP contribution is -2.46. The van der Waals surface area contributed by atoms with Crippen LogP contribution >= 0.6 is 0 Å². The number of hydrogen-bond acceptors (Lipinski definition) is 5. The zero-order valence-corrected chi connectivity index (χ0v) is 11.7. The maximum atomic E-state index is 4.31. The van der Waals surface area contributed by atoms with Crippen molar-refractivity contribution in [2.24, 2.45) is 0 Å². The summed E-state index contributed by atoms with van der Waals surface area (Å²) in [7, 11) is 0. The molecule has 0 N–H and O–H groups in total. The second-order valence-corrected chi connectivity index (χ2v) is 5.11. The molecule has 0 radical (unpaired) electrons. The molecule has 5 nitrogen and oxygen atoms in total. The average Bonchev–Trinajstić information content (AvgIpc) is 2.51. The van der Waals surface area contributed by atoms with E-state index in [0.29, 0.717) is 0 Å². The van der Waals surface area contributed by atoms with E-state index in [2.05, 4.69) is 37.7 Å². The maximum absolute atomic E-state index is 4.31. The summed E-state index contributed by atoms with van der Waals surface area (Å²) in [6.07, 6.45) is 7.42. The SMILES string of the molecule is Cc1ccncc1CN1CCN(c2ncccn2)CC1. The molecule has 104 valence electrons. The van der Waals surface area contributed by atoms with Crippen LogP contribution < -0.4 is 4.90 Å². The van der Waals surface area contributed by atoms with E-state index in [9.17, 15) is 0 Å². The molecule has 0 atom stereocenters. The van der Waals surface area contributed by atoms with Crippen LogP contribution in [0.1, 0.15) is 11.1 Å². The molecule has 20 heavy (non-hydrogen) atoms. The number of aryl methyl sites for hydroxylation is 1. The van der Waals surface area contributed by atoms with Gasteiger partial charge in [-0.15, -0.1) is 0 Å². The highest BCUT2D eigenvalue weighted by Crippen LogP contribution is 2.13. The standard InChI is InChI=1S/C15H19N5/c1-13-3-6-16-11-14(13)12-19-7-9-20(10-8-19)15-17-4-2-5-18-15/h2-6,11H,7-10,12H2,1H3. The van der Waals surface area contributed by atoms with Crippen LogP contribution in [0, 0.1) is 6.92 Å². The summed E-state index contributed by atoms with van der Waals surface area (Å²) in [5.74, 6) is 0.838. The van der Waals surface area contributed by atoms with Crippen molar-refractivity contribution in [2.75, 3.05) is 31.1 Å². The van der Waals surface area contributed by atoms with Crippen LogP contribution in [0.25, 0.3) is 0 Å². The molecule has 1 fully saturated rings. The molecule has 0 unspecified atom stereocenters. The molecule has 0 bridgehead atoms. The lowest BCUT2D eigenvalue weighted by atomic mass is 10.1. The number of aromatic nitrogens is 3. The second-order valence-electron chi connectivity index (χ2n) is 5.11. The zero-order chi connectivity index (χ0) is 13.8. The van der Waals surface area contributed by atoms with Crippen molar-refractivity contribution in [3.63, 3.8) is 0 Å². The largest absolute Gasteiger partial charge is 0.338 e. The molecule has 0 aliphatic carbocycles.